The van der Waals surface area contributed by atoms with Crippen molar-refractivity contribution in [3.63, 3.8) is 0 Å². The van der Waals surface area contributed by atoms with Crippen LogP contribution in [0.15, 0.2) is 125 Å². The summed E-state index contributed by atoms with van der Waals surface area (Å²) in [6.45, 7) is 33.9. The molecule has 4 N–H and O–H groups in total. The van der Waals surface area contributed by atoms with Crippen molar-refractivity contribution in [3.05, 3.63) is 205 Å². The predicted octanol–water partition coefficient (Wildman–Crippen LogP) is 13.2. The van der Waals surface area contributed by atoms with Gasteiger partial charge in [-0.25, -0.2) is 9.69 Å². The van der Waals surface area contributed by atoms with E-state index in [1.807, 2.05) is 126 Å². The summed E-state index contributed by atoms with van der Waals surface area (Å²) in [5.74, 6) is 3.51. The second kappa shape index (κ2) is 22.5. The molecular weight excluding hydrogens is 1100 g/mol. The standard InChI is InChI=1S/2C23H26N4O2.C23H24N4O2.CH4/c1-22(2)17-11-10-16-18(23(17,3)12-15-13-24-29-19(15)22)26-27(4)20(16)25-21(28)14-8-6-5-7-9-14;2*1-22(2)17-12-11-15-18(23(17,3)13-16(24-4)19(22)28)26-27(5)20(15)25-21(29)14-9-7-6-8-10-14;/h5-9,13,17H,10-12H2,1-4H3,(H,25,28);6-10,17,28H,11-13H2,1-3,5H3,(H,25,29);6-10,13,17H,11-12H2,1-3,5H3,(H,25,29);1H4/t3*17-,23-;/m000./s1/i;;;1T. The van der Waals surface area contributed by atoms with E-state index in [-0.39, 0.29) is 63.0 Å². The van der Waals surface area contributed by atoms with Crippen LogP contribution < -0.4 is 16.0 Å². The van der Waals surface area contributed by atoms with Gasteiger partial charge in [0.15, 0.2) is 5.78 Å². The molecule has 0 radical (unpaired) electrons. The van der Waals surface area contributed by atoms with E-state index in [2.05, 4.69) is 65.4 Å². The molecule has 88 heavy (non-hydrogen) atoms. The fourth-order valence-corrected chi connectivity index (χ4v) is 16.3. The highest BCUT2D eigenvalue weighted by Gasteiger charge is 2.58. The van der Waals surface area contributed by atoms with Crippen LogP contribution >= 0.6 is 0 Å². The van der Waals surface area contributed by atoms with E-state index < -0.39 is 16.2 Å². The van der Waals surface area contributed by atoms with E-state index in [4.69, 9.17) is 34.3 Å². The second-order valence-electron chi connectivity index (χ2n) is 26.8. The van der Waals surface area contributed by atoms with Gasteiger partial charge < -0.3 is 30.4 Å². The van der Waals surface area contributed by atoms with E-state index in [9.17, 15) is 24.3 Å². The molecule has 456 valence electrons. The van der Waals surface area contributed by atoms with E-state index in [1.54, 1.807) is 39.7 Å². The number of nitrogens with zero attached hydrogens (tertiary/aromatic N) is 9. The third-order valence-electron chi connectivity index (χ3n) is 20.5. The fraction of sp³-hybridized carbons (Fsp3) is 0.429. The molecular formula is C70H80N12O6. The number of amides is 3. The minimum Gasteiger partial charge on any atom is -0.523 e. The van der Waals surface area contributed by atoms with Crippen molar-refractivity contribution >= 4 is 41.0 Å². The first-order chi connectivity index (χ1) is 42.2. The molecule has 3 aromatic carbocycles. The summed E-state index contributed by atoms with van der Waals surface area (Å²) in [5.41, 5.74) is 7.42. The van der Waals surface area contributed by atoms with Crippen LogP contribution in [0.4, 0.5) is 17.5 Å². The topological polar surface area (TPSA) is 213 Å². The van der Waals surface area contributed by atoms with Crippen molar-refractivity contribution in [3.8, 4) is 0 Å². The van der Waals surface area contributed by atoms with Gasteiger partial charge in [0.1, 0.15) is 29.0 Å². The first-order valence-electron chi connectivity index (χ1n) is 30.9. The van der Waals surface area contributed by atoms with Crippen LogP contribution in [0.5, 0.6) is 0 Å². The number of aliphatic hydroxyl groups excluding tert-OH is 1. The number of allylic oxidation sites excluding steroid dienone is 4. The maximum absolute atomic E-state index is 12.8. The van der Waals surface area contributed by atoms with Crippen LogP contribution in [0.25, 0.3) is 9.69 Å². The zero-order valence-electron chi connectivity index (χ0n) is 53.7. The quantitative estimate of drug-likeness (QED) is 0.116. The average Bonchev–Trinajstić information content (AvgIpc) is 1.70. The summed E-state index contributed by atoms with van der Waals surface area (Å²) < 4.78 is 16.7. The molecule has 0 unspecified atom stereocenters. The lowest BCUT2D eigenvalue weighted by molar-refractivity contribution is -0.128. The van der Waals surface area contributed by atoms with Gasteiger partial charge in [-0.05, 0) is 106 Å². The van der Waals surface area contributed by atoms with Crippen molar-refractivity contribution in [1.29, 1.82) is 0 Å². The molecule has 3 amide bonds. The first-order valence-corrected chi connectivity index (χ1v) is 29.9. The van der Waals surface area contributed by atoms with E-state index in [0.717, 1.165) is 96.1 Å². The number of aromatic nitrogens is 7. The summed E-state index contributed by atoms with van der Waals surface area (Å²) >= 11 is 0. The fourth-order valence-electron chi connectivity index (χ4n) is 16.3. The van der Waals surface area contributed by atoms with Crippen molar-refractivity contribution < 1.29 is 30.2 Å². The lowest BCUT2D eigenvalue weighted by atomic mass is 9.52. The molecule has 4 aromatic heterocycles. The van der Waals surface area contributed by atoms with Gasteiger partial charge in [-0.1, -0.05) is 136 Å². The lowest BCUT2D eigenvalue weighted by Gasteiger charge is -2.51. The number of anilines is 3. The number of Topliss-reactive ketones (excluding diaryl/α,β-unsaturated/α-hetero) is 1. The SMILES string of the molecule is Cn1nc2c(c1NC(=O)c1ccccc1)CC[C@H]1C(C)(C)c3oncc3C[C@]21C.[3H]C.[C-]#[N+]C1=C(O)C(C)(C)[C@@H]2CCc3c(nn(C)c3NC(=O)c3ccccc3)[C@@]2(C)C1.[C-]#[N+]C1=C[C@]2(C)c3nn(C)c(NC(=O)c4ccccc4)c3CC[C@H]2C(C)(C)C1=O. The smallest absolute Gasteiger partial charge is 0.256 e. The summed E-state index contributed by atoms with van der Waals surface area (Å²) in [7, 11) is 6.82. The maximum atomic E-state index is 12.8. The average molecular weight is 1190 g/mol. The number of hydrogen-bond acceptors (Lipinski definition) is 10. The van der Waals surface area contributed by atoms with Gasteiger partial charge in [-0.3, -0.25) is 28.4 Å². The Hall–Kier alpha value is -9.16. The molecule has 6 atom stereocenters. The van der Waals surface area contributed by atoms with Gasteiger partial charge in [0.2, 0.25) is 11.4 Å². The molecule has 6 aliphatic carbocycles. The van der Waals surface area contributed by atoms with Crippen molar-refractivity contribution in [1.82, 2.24) is 34.5 Å². The number of rotatable bonds is 6. The van der Waals surface area contributed by atoms with Crippen molar-refractivity contribution in [2.75, 3.05) is 16.0 Å². The Morgan fingerprint density at radius 3 is 1.42 bits per heavy atom. The second-order valence-corrected chi connectivity index (χ2v) is 26.8. The zero-order valence-corrected chi connectivity index (χ0v) is 52.7. The van der Waals surface area contributed by atoms with E-state index >= 15 is 0 Å². The number of ketones is 1. The minimum absolute atomic E-state index is 0.0491. The third kappa shape index (κ3) is 9.94. The summed E-state index contributed by atoms with van der Waals surface area (Å²) in [6, 6.07) is 27.5. The number of carbonyl (C=O) groups excluding carboxylic acids is 4. The largest absolute Gasteiger partial charge is 0.523 e. The molecule has 13 rings (SSSR count). The van der Waals surface area contributed by atoms with Crippen molar-refractivity contribution in [2.45, 2.75) is 143 Å². The zero-order chi connectivity index (χ0) is 64.3. The molecule has 4 heterocycles. The van der Waals surface area contributed by atoms with Gasteiger partial charge in [0, 0.05) is 93.9 Å². The van der Waals surface area contributed by atoms with Crippen LogP contribution in [0.1, 0.15) is 173 Å². The van der Waals surface area contributed by atoms with Crippen LogP contribution in [0, 0.1) is 41.7 Å². The molecule has 0 spiro atoms. The molecule has 18 nitrogen and oxygen atoms in total. The molecule has 0 saturated heterocycles. The Bertz CT molecular complexity index is 4080. The van der Waals surface area contributed by atoms with Crippen LogP contribution in [-0.2, 0) is 73.3 Å². The lowest BCUT2D eigenvalue weighted by Crippen LogP contribution is -2.51. The molecule has 7 aromatic rings. The number of nitrogens with one attached hydrogen (secondary N) is 3. The summed E-state index contributed by atoms with van der Waals surface area (Å²) in [4.78, 5) is 58.1. The van der Waals surface area contributed by atoms with Gasteiger partial charge in [-0.15, -0.1) is 0 Å². The van der Waals surface area contributed by atoms with Crippen LogP contribution in [0.2, 0.25) is 0 Å². The normalized spacial score (nSPS) is 24.5. The predicted molar refractivity (Wildman–Crippen MR) is 338 cm³/mol. The molecule has 0 bridgehead atoms. The molecule has 0 aliphatic heterocycles. The van der Waals surface area contributed by atoms with Crippen LogP contribution in [-0.4, -0.2) is 63.1 Å². The third-order valence-corrected chi connectivity index (χ3v) is 20.5. The summed E-state index contributed by atoms with van der Waals surface area (Å²) in [6.07, 6.45) is 10.1. The van der Waals surface area contributed by atoms with Crippen molar-refractivity contribution in [2.24, 2.45) is 49.7 Å². The number of benzene rings is 3. The van der Waals surface area contributed by atoms with E-state index in [1.165, 1.54) is 13.0 Å². The number of carbonyl (C=O) groups is 4. The summed E-state index contributed by atoms with van der Waals surface area (Å²) in [5, 5.41) is 38.4. The first kappa shape index (κ1) is 60.5. The van der Waals surface area contributed by atoms with Gasteiger partial charge in [-0.2, -0.15) is 15.3 Å². The maximum Gasteiger partial charge on any atom is 0.256 e. The number of hydrogen-bond donors (Lipinski definition) is 4. The molecule has 18 heteroatoms. The monoisotopic (exact) mass is 1190 g/mol. The highest BCUT2D eigenvalue weighted by atomic mass is 16.5. The van der Waals surface area contributed by atoms with Gasteiger partial charge in [0.25, 0.3) is 17.7 Å². The molecule has 0 fully saturated rings. The molecule has 6 aliphatic rings. The van der Waals surface area contributed by atoms with Gasteiger partial charge >= 0.3 is 0 Å². The van der Waals surface area contributed by atoms with Crippen LogP contribution in [0.3, 0.4) is 0 Å². The van der Waals surface area contributed by atoms with Gasteiger partial charge in [0.05, 0.1) is 36.4 Å². The number of aryl methyl sites for hydroxylation is 3. The minimum atomic E-state index is -0.633. The highest BCUT2D eigenvalue weighted by molar-refractivity contribution is 6.06. The Labute approximate surface area is 516 Å². The Morgan fingerprint density at radius 1 is 0.591 bits per heavy atom. The highest BCUT2D eigenvalue weighted by Crippen LogP contribution is 2.60. The number of fused-ring (bicyclic) bond motifs is 10. The number of aliphatic hydroxyl groups is 1. The Balaban J connectivity index is 0.000000145. The Morgan fingerprint density at radius 2 is 0.989 bits per heavy atom. The Kier molecular flexibility index (Phi) is 15.5. The van der Waals surface area contributed by atoms with E-state index in [0.29, 0.717) is 40.5 Å². The molecule has 0 saturated carbocycles.